The fourth-order valence-corrected chi connectivity index (χ4v) is 5.51. The number of nitrogens with one attached hydrogen (secondary N) is 1. The molecule has 0 aliphatic carbocycles. The van der Waals surface area contributed by atoms with Crippen molar-refractivity contribution < 1.29 is 22.0 Å². The summed E-state index contributed by atoms with van der Waals surface area (Å²) in [7, 11) is -3.67. The third-order valence-electron chi connectivity index (χ3n) is 5.53. The van der Waals surface area contributed by atoms with Gasteiger partial charge in [0.25, 0.3) is 5.56 Å². The quantitative estimate of drug-likeness (QED) is 0.575. The fourth-order valence-electron chi connectivity index (χ4n) is 3.74. The first-order valence-electron chi connectivity index (χ1n) is 10.6. The first kappa shape index (κ1) is 23.7. The van der Waals surface area contributed by atoms with Gasteiger partial charge in [-0.3, -0.25) is 9.59 Å². The van der Waals surface area contributed by atoms with E-state index >= 15 is 0 Å². The van der Waals surface area contributed by atoms with Gasteiger partial charge in [-0.1, -0.05) is 12.1 Å². The number of carbonyl (C=O) groups excluding carboxylic acids is 1. The number of aryl methyl sites for hydroxylation is 1. The molecule has 0 saturated carbocycles. The Morgan fingerprint density at radius 3 is 2.50 bits per heavy atom. The third kappa shape index (κ3) is 4.90. The Kier molecular flexibility index (Phi) is 6.58. The molecule has 0 radical (unpaired) electrons. The number of sulfonamides is 1. The molecule has 4 rings (SSSR count). The number of aromatic nitrogens is 2. The van der Waals surface area contributed by atoms with Gasteiger partial charge in [0.2, 0.25) is 15.9 Å². The molecule has 2 heterocycles. The highest BCUT2D eigenvalue weighted by molar-refractivity contribution is 7.89. The van der Waals surface area contributed by atoms with Gasteiger partial charge in [-0.25, -0.2) is 21.9 Å². The predicted molar refractivity (Wildman–Crippen MR) is 122 cm³/mol. The largest absolute Gasteiger partial charge is 0.322 e. The van der Waals surface area contributed by atoms with E-state index < -0.39 is 39.7 Å². The molecule has 178 valence electrons. The molecule has 1 fully saturated rings. The van der Waals surface area contributed by atoms with Crippen molar-refractivity contribution in [2.45, 2.75) is 31.2 Å². The molecule has 11 heteroatoms. The predicted octanol–water partition coefficient (Wildman–Crippen LogP) is 2.92. The molecule has 2 aromatic carbocycles. The minimum absolute atomic E-state index is 0.163. The highest BCUT2D eigenvalue weighted by atomic mass is 32.2. The van der Waals surface area contributed by atoms with Gasteiger partial charge in [-0.05, 0) is 49.6 Å². The summed E-state index contributed by atoms with van der Waals surface area (Å²) in [5.74, 6) is -2.47. The number of carbonyl (C=O) groups is 1. The molecular formula is C23H22F2N4O4S. The lowest BCUT2D eigenvalue weighted by Gasteiger charge is -2.18. The van der Waals surface area contributed by atoms with Gasteiger partial charge >= 0.3 is 0 Å². The van der Waals surface area contributed by atoms with Gasteiger partial charge in [0.05, 0.1) is 16.3 Å². The Balaban J connectivity index is 1.61. The average Bonchev–Trinajstić information content (AvgIpc) is 3.33. The molecule has 0 spiro atoms. The number of hydrogen-bond acceptors (Lipinski definition) is 5. The van der Waals surface area contributed by atoms with E-state index in [1.54, 1.807) is 19.1 Å². The highest BCUT2D eigenvalue weighted by Gasteiger charge is 2.28. The normalized spacial score (nSPS) is 14.3. The van der Waals surface area contributed by atoms with Gasteiger partial charge in [-0.2, -0.15) is 9.40 Å². The molecule has 0 bridgehead atoms. The minimum atomic E-state index is -3.67. The highest BCUT2D eigenvalue weighted by Crippen LogP contribution is 2.27. The van der Waals surface area contributed by atoms with Crippen LogP contribution >= 0.6 is 0 Å². The molecule has 1 amide bonds. The van der Waals surface area contributed by atoms with E-state index in [0.29, 0.717) is 36.0 Å². The Hall–Kier alpha value is -3.44. The topological polar surface area (TPSA) is 101 Å². The van der Waals surface area contributed by atoms with Crippen LogP contribution in [0.15, 0.2) is 58.2 Å². The van der Waals surface area contributed by atoms with E-state index in [9.17, 15) is 26.8 Å². The summed E-state index contributed by atoms with van der Waals surface area (Å²) in [6.45, 7) is 2.13. The van der Waals surface area contributed by atoms with Gasteiger partial charge in [0.1, 0.15) is 18.2 Å². The van der Waals surface area contributed by atoms with Crippen molar-refractivity contribution >= 4 is 21.6 Å². The van der Waals surface area contributed by atoms with Gasteiger partial charge in [0.15, 0.2) is 0 Å². The lowest BCUT2D eigenvalue weighted by Crippen LogP contribution is -2.29. The number of anilines is 1. The van der Waals surface area contributed by atoms with E-state index in [-0.39, 0.29) is 10.6 Å². The molecule has 3 aromatic rings. The number of nitrogens with zero attached hydrogens (tertiary/aromatic N) is 3. The van der Waals surface area contributed by atoms with Gasteiger partial charge in [-0.15, -0.1) is 0 Å². The van der Waals surface area contributed by atoms with Crippen molar-refractivity contribution in [2.75, 3.05) is 18.4 Å². The summed E-state index contributed by atoms with van der Waals surface area (Å²) in [5.41, 5.74) is 0.534. The zero-order valence-corrected chi connectivity index (χ0v) is 19.1. The van der Waals surface area contributed by atoms with Crippen LogP contribution in [0.1, 0.15) is 18.4 Å². The van der Waals surface area contributed by atoms with Crippen LogP contribution in [0.2, 0.25) is 0 Å². The van der Waals surface area contributed by atoms with Crippen LogP contribution < -0.4 is 10.9 Å². The van der Waals surface area contributed by atoms with Gasteiger partial charge < -0.3 is 5.32 Å². The number of halogens is 2. The van der Waals surface area contributed by atoms with Crippen molar-refractivity contribution in [1.82, 2.24) is 14.1 Å². The Bertz CT molecular complexity index is 1420. The molecule has 1 aliphatic heterocycles. The molecule has 8 nitrogen and oxygen atoms in total. The molecule has 1 saturated heterocycles. The van der Waals surface area contributed by atoms with Crippen molar-refractivity contribution in [3.63, 3.8) is 0 Å². The second-order valence-corrected chi connectivity index (χ2v) is 9.88. The van der Waals surface area contributed by atoms with Crippen LogP contribution in [-0.2, 0) is 21.4 Å². The van der Waals surface area contributed by atoms with Gasteiger partial charge in [0, 0.05) is 30.8 Å². The minimum Gasteiger partial charge on any atom is -0.322 e. The zero-order valence-electron chi connectivity index (χ0n) is 18.3. The van der Waals surface area contributed by atoms with Crippen LogP contribution in [0.4, 0.5) is 14.5 Å². The van der Waals surface area contributed by atoms with Crippen LogP contribution in [-0.4, -0.2) is 41.5 Å². The first-order valence-corrected chi connectivity index (χ1v) is 12.0. The van der Waals surface area contributed by atoms with Crippen molar-refractivity contribution in [2.24, 2.45) is 0 Å². The monoisotopic (exact) mass is 488 g/mol. The van der Waals surface area contributed by atoms with Crippen LogP contribution in [0.25, 0.3) is 11.3 Å². The second kappa shape index (κ2) is 9.43. The summed E-state index contributed by atoms with van der Waals surface area (Å²) in [6, 6.07) is 10.2. The number of benzene rings is 2. The molecule has 0 atom stereocenters. The van der Waals surface area contributed by atoms with E-state index in [0.717, 1.165) is 29.7 Å². The van der Waals surface area contributed by atoms with E-state index in [1.165, 1.54) is 22.5 Å². The fraction of sp³-hybridized carbons (Fsp3) is 0.261. The number of amides is 1. The molecule has 1 aromatic heterocycles. The average molecular weight is 489 g/mol. The molecular weight excluding hydrogens is 466 g/mol. The van der Waals surface area contributed by atoms with Crippen molar-refractivity contribution in [3.05, 3.63) is 76.1 Å². The van der Waals surface area contributed by atoms with E-state index in [4.69, 9.17) is 0 Å². The standard InChI is InChI=1S/C23H22F2N4O4S/c1-15-4-5-16(12-21(15)34(32,33)28-10-2-3-11-28)19-8-9-23(31)29(27-19)14-22(30)26-20-7-6-17(24)13-18(20)25/h4-9,12-13H,2-3,10-11,14H2,1H3,(H,26,30). The number of hydrogen-bond donors (Lipinski definition) is 1. The summed E-state index contributed by atoms with van der Waals surface area (Å²) < 4.78 is 55.3. The molecule has 0 unspecified atom stereocenters. The Morgan fingerprint density at radius 2 is 1.79 bits per heavy atom. The number of rotatable bonds is 6. The lowest BCUT2D eigenvalue weighted by atomic mass is 10.1. The lowest BCUT2D eigenvalue weighted by molar-refractivity contribution is -0.117. The molecule has 1 aliphatic rings. The SMILES string of the molecule is Cc1ccc(-c2ccc(=O)n(CC(=O)Nc3ccc(F)cc3F)n2)cc1S(=O)(=O)N1CCCC1. The van der Waals surface area contributed by atoms with Crippen molar-refractivity contribution in [3.8, 4) is 11.3 Å². The Labute approximate surface area is 194 Å². The van der Waals surface area contributed by atoms with Crippen molar-refractivity contribution in [1.29, 1.82) is 0 Å². The summed E-state index contributed by atoms with van der Waals surface area (Å²) in [6.07, 6.45) is 1.63. The van der Waals surface area contributed by atoms with Crippen LogP contribution in [0.3, 0.4) is 0 Å². The maximum atomic E-state index is 13.8. The maximum absolute atomic E-state index is 13.8. The van der Waals surface area contributed by atoms with Crippen LogP contribution in [0, 0.1) is 18.6 Å². The molecule has 34 heavy (non-hydrogen) atoms. The summed E-state index contributed by atoms with van der Waals surface area (Å²) >= 11 is 0. The third-order valence-corrected chi connectivity index (χ3v) is 7.57. The van der Waals surface area contributed by atoms with E-state index in [1.807, 2.05) is 0 Å². The zero-order chi connectivity index (χ0) is 24.5. The smallest absolute Gasteiger partial charge is 0.267 e. The first-order chi connectivity index (χ1) is 16.1. The maximum Gasteiger partial charge on any atom is 0.267 e. The second-order valence-electron chi connectivity index (χ2n) is 7.98. The van der Waals surface area contributed by atoms with Crippen LogP contribution in [0.5, 0.6) is 0 Å². The van der Waals surface area contributed by atoms with E-state index in [2.05, 4.69) is 10.4 Å². The molecule has 1 N–H and O–H groups in total. The Morgan fingerprint density at radius 1 is 1.06 bits per heavy atom. The summed E-state index contributed by atoms with van der Waals surface area (Å²) in [4.78, 5) is 24.8. The summed E-state index contributed by atoms with van der Waals surface area (Å²) in [5, 5.41) is 6.47.